The van der Waals surface area contributed by atoms with E-state index in [-0.39, 0.29) is 34.1 Å². The van der Waals surface area contributed by atoms with E-state index in [1.165, 1.54) is 0 Å². The highest BCUT2D eigenvalue weighted by Crippen LogP contribution is 2.44. The van der Waals surface area contributed by atoms with Gasteiger partial charge in [0.05, 0.1) is 34.3 Å². The Labute approximate surface area is 176 Å². The number of rotatable bonds is 3. The lowest BCUT2D eigenvalue weighted by Gasteiger charge is -2.28. The molecule has 29 heavy (non-hydrogen) atoms. The smallest absolute Gasteiger partial charge is 0.259 e. The summed E-state index contributed by atoms with van der Waals surface area (Å²) in [6, 6.07) is 12.4. The van der Waals surface area contributed by atoms with E-state index in [1.807, 2.05) is 0 Å². The molecular formula is C21H15Cl2N3O3. The SMILES string of the molecule is Cc1cc2c(c(=O)n1Cc1ccco1)[C@@H](c1cccc(Cl)c1Cl)C(C#N)=C(N)O2. The first-order valence-electron chi connectivity index (χ1n) is 8.70. The highest BCUT2D eigenvalue weighted by molar-refractivity contribution is 6.42. The lowest BCUT2D eigenvalue weighted by molar-refractivity contribution is 0.387. The van der Waals surface area contributed by atoms with Crippen LogP contribution in [0.1, 0.15) is 28.5 Å². The fraction of sp³-hybridized carbons (Fsp3) is 0.143. The van der Waals surface area contributed by atoms with Gasteiger partial charge in [0, 0.05) is 11.8 Å². The number of nitrogens with zero attached hydrogens (tertiary/aromatic N) is 2. The Morgan fingerprint density at radius 1 is 1.28 bits per heavy atom. The van der Waals surface area contributed by atoms with Crippen molar-refractivity contribution in [3.05, 3.63) is 97.1 Å². The summed E-state index contributed by atoms with van der Waals surface area (Å²) >= 11 is 12.6. The molecule has 6 nitrogen and oxygen atoms in total. The molecule has 2 N–H and O–H groups in total. The van der Waals surface area contributed by atoms with Crippen LogP contribution in [0.15, 0.2) is 63.3 Å². The zero-order valence-corrected chi connectivity index (χ0v) is 16.8. The van der Waals surface area contributed by atoms with Gasteiger partial charge in [-0.1, -0.05) is 35.3 Å². The molecule has 0 fully saturated rings. The first kappa shape index (κ1) is 19.2. The molecule has 0 saturated carbocycles. The number of allylic oxidation sites excluding steroid dienone is 1. The van der Waals surface area contributed by atoms with Gasteiger partial charge in [0.2, 0.25) is 5.88 Å². The van der Waals surface area contributed by atoms with Gasteiger partial charge in [0.25, 0.3) is 5.56 Å². The van der Waals surface area contributed by atoms with Crippen molar-refractivity contribution in [3.63, 3.8) is 0 Å². The van der Waals surface area contributed by atoms with Crippen molar-refractivity contribution >= 4 is 23.2 Å². The minimum absolute atomic E-state index is 0.0661. The largest absolute Gasteiger partial charge is 0.467 e. The third-order valence-corrected chi connectivity index (χ3v) is 5.71. The highest BCUT2D eigenvalue weighted by atomic mass is 35.5. The molecule has 1 aliphatic rings. The van der Waals surface area contributed by atoms with Crippen LogP contribution in [0.5, 0.6) is 5.75 Å². The van der Waals surface area contributed by atoms with Crippen LogP contribution in [-0.2, 0) is 6.54 Å². The van der Waals surface area contributed by atoms with Gasteiger partial charge < -0.3 is 19.5 Å². The van der Waals surface area contributed by atoms with Crippen molar-refractivity contribution in [3.8, 4) is 11.8 Å². The van der Waals surface area contributed by atoms with Gasteiger partial charge in [-0.25, -0.2) is 0 Å². The van der Waals surface area contributed by atoms with Crippen molar-refractivity contribution in [2.24, 2.45) is 5.73 Å². The first-order valence-corrected chi connectivity index (χ1v) is 9.46. The van der Waals surface area contributed by atoms with Crippen LogP contribution in [0.3, 0.4) is 0 Å². The zero-order chi connectivity index (χ0) is 20.7. The number of halogens is 2. The summed E-state index contributed by atoms with van der Waals surface area (Å²) in [6.07, 6.45) is 1.54. The average molecular weight is 428 g/mol. The number of benzene rings is 1. The molecule has 8 heteroatoms. The third kappa shape index (κ3) is 3.19. The van der Waals surface area contributed by atoms with Crippen LogP contribution in [0.4, 0.5) is 0 Å². The second-order valence-corrected chi connectivity index (χ2v) is 7.39. The van der Waals surface area contributed by atoms with Crippen molar-refractivity contribution in [1.82, 2.24) is 4.57 Å². The molecule has 0 unspecified atom stereocenters. The molecule has 3 aromatic rings. The Bertz CT molecular complexity index is 1240. The molecule has 1 aromatic carbocycles. The van der Waals surface area contributed by atoms with Crippen LogP contribution < -0.4 is 16.0 Å². The molecule has 0 aliphatic carbocycles. The summed E-state index contributed by atoms with van der Waals surface area (Å²) in [7, 11) is 0. The summed E-state index contributed by atoms with van der Waals surface area (Å²) in [6.45, 7) is 2.02. The van der Waals surface area contributed by atoms with E-state index in [4.69, 9.17) is 38.1 Å². The number of aryl methyl sites for hydroxylation is 1. The van der Waals surface area contributed by atoms with Gasteiger partial charge in [-0.3, -0.25) is 4.79 Å². The topological polar surface area (TPSA) is 94.2 Å². The van der Waals surface area contributed by atoms with E-state index in [0.717, 1.165) is 0 Å². The Morgan fingerprint density at radius 3 is 2.76 bits per heavy atom. The Morgan fingerprint density at radius 2 is 2.07 bits per heavy atom. The molecular weight excluding hydrogens is 413 g/mol. The van der Waals surface area contributed by atoms with Crippen molar-refractivity contribution in [2.45, 2.75) is 19.4 Å². The Kier molecular flexibility index (Phi) is 4.87. The molecule has 1 atom stereocenters. The number of nitriles is 1. The molecule has 2 aromatic heterocycles. The van der Waals surface area contributed by atoms with Crippen LogP contribution in [0.2, 0.25) is 10.0 Å². The predicted octanol–water partition coefficient (Wildman–Crippen LogP) is 4.32. The lowest BCUT2D eigenvalue weighted by Crippen LogP contribution is -2.33. The molecule has 3 heterocycles. The van der Waals surface area contributed by atoms with Crippen molar-refractivity contribution in [1.29, 1.82) is 5.26 Å². The van der Waals surface area contributed by atoms with Gasteiger partial charge in [-0.15, -0.1) is 0 Å². The standard InChI is InChI=1S/C21H15Cl2N3O3/c1-11-8-16-18(21(27)26(11)10-12-4-3-7-28-12)17(14(9-24)20(25)29-16)13-5-2-6-15(22)19(13)23/h2-8,17H,10,25H2,1H3/t17-/m0/s1. The zero-order valence-electron chi connectivity index (χ0n) is 15.3. The van der Waals surface area contributed by atoms with Gasteiger partial charge in [0.1, 0.15) is 23.2 Å². The molecule has 146 valence electrons. The van der Waals surface area contributed by atoms with E-state index >= 15 is 0 Å². The fourth-order valence-corrected chi connectivity index (χ4v) is 3.91. The number of fused-ring (bicyclic) bond motifs is 1. The maximum Gasteiger partial charge on any atom is 0.259 e. The Balaban J connectivity index is 1.99. The maximum atomic E-state index is 13.5. The van der Waals surface area contributed by atoms with E-state index < -0.39 is 5.92 Å². The lowest BCUT2D eigenvalue weighted by atomic mass is 9.84. The highest BCUT2D eigenvalue weighted by Gasteiger charge is 2.35. The second kappa shape index (κ2) is 7.36. The maximum absolute atomic E-state index is 13.5. The molecule has 4 rings (SSSR count). The molecule has 0 amide bonds. The van der Waals surface area contributed by atoms with Crippen LogP contribution in [-0.4, -0.2) is 4.57 Å². The predicted molar refractivity (Wildman–Crippen MR) is 109 cm³/mol. The molecule has 0 radical (unpaired) electrons. The fourth-order valence-electron chi connectivity index (χ4n) is 3.50. The van der Waals surface area contributed by atoms with E-state index in [9.17, 15) is 10.1 Å². The number of hydrogen-bond donors (Lipinski definition) is 1. The van der Waals surface area contributed by atoms with Gasteiger partial charge in [0.15, 0.2) is 0 Å². The van der Waals surface area contributed by atoms with Crippen LogP contribution in [0, 0.1) is 18.3 Å². The summed E-state index contributed by atoms with van der Waals surface area (Å²) < 4.78 is 12.6. The molecule has 0 spiro atoms. The minimum Gasteiger partial charge on any atom is -0.467 e. The van der Waals surface area contributed by atoms with Gasteiger partial charge >= 0.3 is 0 Å². The van der Waals surface area contributed by atoms with Crippen molar-refractivity contribution < 1.29 is 9.15 Å². The van der Waals surface area contributed by atoms with E-state index in [1.54, 1.807) is 54.2 Å². The quantitative estimate of drug-likeness (QED) is 0.671. The normalized spacial score (nSPS) is 15.6. The molecule has 0 saturated heterocycles. The number of pyridine rings is 1. The summed E-state index contributed by atoms with van der Waals surface area (Å²) in [5.74, 6) is 0.0510. The first-order chi connectivity index (χ1) is 13.9. The van der Waals surface area contributed by atoms with E-state index in [2.05, 4.69) is 6.07 Å². The van der Waals surface area contributed by atoms with Gasteiger partial charge in [-0.05, 0) is 30.7 Å². The summed E-state index contributed by atoms with van der Waals surface area (Å²) in [5.41, 5.74) is 7.23. The third-order valence-electron chi connectivity index (χ3n) is 4.88. The number of nitrogens with two attached hydrogens (primary N) is 1. The summed E-state index contributed by atoms with van der Waals surface area (Å²) in [5, 5.41) is 10.3. The summed E-state index contributed by atoms with van der Waals surface area (Å²) in [4.78, 5) is 13.5. The Hall–Kier alpha value is -3.14. The molecule has 1 aliphatic heterocycles. The molecule has 0 bridgehead atoms. The van der Waals surface area contributed by atoms with Crippen LogP contribution in [0.25, 0.3) is 0 Å². The van der Waals surface area contributed by atoms with Crippen LogP contribution >= 0.6 is 23.2 Å². The number of furan rings is 1. The van der Waals surface area contributed by atoms with E-state index in [0.29, 0.717) is 27.8 Å². The second-order valence-electron chi connectivity index (χ2n) is 6.60. The average Bonchev–Trinajstić information content (AvgIpc) is 3.20. The van der Waals surface area contributed by atoms with Gasteiger partial charge in [-0.2, -0.15) is 5.26 Å². The minimum atomic E-state index is -0.800. The number of aromatic nitrogens is 1. The number of ether oxygens (including phenoxy) is 1. The van der Waals surface area contributed by atoms with Crippen molar-refractivity contribution in [2.75, 3.05) is 0 Å². The monoisotopic (exact) mass is 427 g/mol. The number of hydrogen-bond acceptors (Lipinski definition) is 5.